The molecular weight excluding hydrogens is 218 g/mol. The first-order valence-corrected chi connectivity index (χ1v) is 6.23. The van der Waals surface area contributed by atoms with Gasteiger partial charge in [0.2, 0.25) is 5.91 Å². The topological polar surface area (TPSA) is 67.6 Å². The summed E-state index contributed by atoms with van der Waals surface area (Å²) in [5, 5.41) is 2.41. The number of carbonyl (C=O) groups excluding carboxylic acids is 1. The lowest BCUT2D eigenvalue weighted by atomic mass is 9.99. The molecule has 17 heavy (non-hydrogen) atoms. The predicted molar refractivity (Wildman–Crippen MR) is 67.7 cm³/mol. The number of nitrogens with one attached hydrogen (secondary N) is 1. The Labute approximate surface area is 106 Å². The van der Waals surface area contributed by atoms with Crippen LogP contribution in [0.4, 0.5) is 0 Å². The number of nitrogens with zero attached hydrogens (tertiary/aromatic N) is 1. The van der Waals surface area contributed by atoms with Crippen molar-refractivity contribution in [2.45, 2.75) is 26.3 Å². The van der Waals surface area contributed by atoms with E-state index in [9.17, 15) is 4.79 Å². The van der Waals surface area contributed by atoms with Crippen LogP contribution in [0.1, 0.15) is 23.0 Å². The molecule has 0 radical (unpaired) electrons. The number of nitrogens with two attached hydrogens (primary N) is 1. The minimum Gasteiger partial charge on any atom is -0.379 e. The van der Waals surface area contributed by atoms with Crippen molar-refractivity contribution in [2.75, 3.05) is 39.3 Å². The summed E-state index contributed by atoms with van der Waals surface area (Å²) in [4.78, 5) is 13.8. The molecule has 100 valence electrons. The van der Waals surface area contributed by atoms with Gasteiger partial charge in [0.15, 0.2) is 0 Å². The van der Waals surface area contributed by atoms with Crippen molar-refractivity contribution in [3.05, 3.63) is 0 Å². The van der Waals surface area contributed by atoms with Crippen LogP contribution in [0, 0.1) is 5.92 Å². The second-order valence-electron chi connectivity index (χ2n) is 4.47. The van der Waals surface area contributed by atoms with Crippen molar-refractivity contribution >= 4 is 5.91 Å². The van der Waals surface area contributed by atoms with E-state index in [2.05, 4.69) is 5.32 Å². The monoisotopic (exact) mass is 245 g/mol. The van der Waals surface area contributed by atoms with Gasteiger partial charge in [-0.1, -0.05) is 20.3 Å². The zero-order valence-corrected chi connectivity index (χ0v) is 10.7. The number of carbonyl (C=O) groups is 1. The number of hydrogen-bond donors (Lipinski definition) is 2. The van der Waals surface area contributed by atoms with Gasteiger partial charge in [0.1, 0.15) is 0 Å². The van der Waals surface area contributed by atoms with Gasteiger partial charge >= 0.3 is 0 Å². The molecule has 1 aliphatic rings. The van der Waals surface area contributed by atoms with Crippen molar-refractivity contribution in [1.82, 2.24) is 10.2 Å². The molecule has 1 fully saturated rings. The molecule has 0 bridgehead atoms. The fraction of sp³-hybridized carbons (Fsp3) is 0.917. The van der Waals surface area contributed by atoms with E-state index < -0.39 is 18.4 Å². The van der Waals surface area contributed by atoms with Crippen LogP contribution in [0.25, 0.3) is 0 Å². The maximum Gasteiger partial charge on any atom is 0.237 e. The molecule has 0 aromatic heterocycles. The molecule has 1 aliphatic heterocycles. The predicted octanol–water partition coefficient (Wildman–Crippen LogP) is -0.192. The largest absolute Gasteiger partial charge is 0.379 e. The average molecular weight is 245 g/mol. The molecule has 1 rings (SSSR count). The average Bonchev–Trinajstić information content (AvgIpc) is 2.36. The molecular formula is C12H25N3O2. The quantitative estimate of drug-likeness (QED) is 0.680. The van der Waals surface area contributed by atoms with Crippen LogP contribution in [-0.4, -0.2) is 56.2 Å². The van der Waals surface area contributed by atoms with Crippen molar-refractivity contribution in [3.63, 3.8) is 0 Å². The zero-order valence-electron chi connectivity index (χ0n) is 12.7. The van der Waals surface area contributed by atoms with Crippen LogP contribution >= 0.6 is 0 Å². The molecule has 5 nitrogen and oxygen atoms in total. The van der Waals surface area contributed by atoms with Crippen LogP contribution < -0.4 is 11.1 Å². The highest BCUT2D eigenvalue weighted by Gasteiger charge is 2.19. The van der Waals surface area contributed by atoms with E-state index in [0.717, 1.165) is 6.42 Å². The standard InChI is InChI=1S/C12H25N3O2/c1-3-10(2)11(13)12(16)14-4-5-15-6-8-17-9-7-15/h10-11H,3-9,13H2,1-2H3,(H,14,16)/t10-,11-/m0/s1/i4D2. The maximum atomic E-state index is 11.9. The van der Waals surface area contributed by atoms with Crippen molar-refractivity contribution < 1.29 is 12.3 Å². The van der Waals surface area contributed by atoms with Gasteiger partial charge < -0.3 is 15.8 Å². The highest BCUT2D eigenvalue weighted by Crippen LogP contribution is 2.04. The second kappa shape index (κ2) is 7.63. The maximum absolute atomic E-state index is 11.9. The van der Waals surface area contributed by atoms with Crippen LogP contribution in [0.3, 0.4) is 0 Å². The van der Waals surface area contributed by atoms with Crippen LogP contribution in [0.2, 0.25) is 0 Å². The molecule has 0 spiro atoms. The lowest BCUT2D eigenvalue weighted by molar-refractivity contribution is -0.123. The molecule has 1 saturated heterocycles. The number of rotatable bonds is 6. The highest BCUT2D eigenvalue weighted by molar-refractivity contribution is 5.81. The summed E-state index contributed by atoms with van der Waals surface area (Å²) in [5.74, 6) is -0.383. The van der Waals surface area contributed by atoms with E-state index in [-0.39, 0.29) is 12.5 Å². The molecule has 1 amide bonds. The SMILES string of the molecule is [2H]C([2H])(CN1CCOCC1)NC(=O)[C@@H](N)[C@@H](C)CC. The molecule has 0 saturated carbocycles. The van der Waals surface area contributed by atoms with Gasteiger partial charge in [0.05, 0.1) is 22.0 Å². The van der Waals surface area contributed by atoms with Gasteiger partial charge in [-0.05, 0) is 5.92 Å². The van der Waals surface area contributed by atoms with Crippen LogP contribution in [0.15, 0.2) is 0 Å². The van der Waals surface area contributed by atoms with Crippen molar-refractivity contribution in [2.24, 2.45) is 11.7 Å². The van der Waals surface area contributed by atoms with E-state index in [1.54, 1.807) is 0 Å². The molecule has 0 aliphatic carbocycles. The second-order valence-corrected chi connectivity index (χ2v) is 4.47. The number of morpholine rings is 1. The molecule has 2 atom stereocenters. The third-order valence-electron chi connectivity index (χ3n) is 3.18. The Bertz CT molecular complexity index is 297. The minimum absolute atomic E-state index is 0.0409. The third kappa shape index (κ3) is 5.02. The van der Waals surface area contributed by atoms with Gasteiger partial charge in [-0.2, -0.15) is 0 Å². The van der Waals surface area contributed by atoms with Gasteiger partial charge in [-0.15, -0.1) is 0 Å². The van der Waals surface area contributed by atoms with Gasteiger partial charge in [-0.3, -0.25) is 9.69 Å². The number of amides is 1. The Morgan fingerprint density at radius 1 is 1.59 bits per heavy atom. The molecule has 0 aromatic rings. The van der Waals surface area contributed by atoms with Crippen LogP contribution in [-0.2, 0) is 9.53 Å². The highest BCUT2D eigenvalue weighted by atomic mass is 16.5. The van der Waals surface area contributed by atoms with E-state index in [4.69, 9.17) is 13.2 Å². The summed E-state index contributed by atoms with van der Waals surface area (Å²) in [7, 11) is 0. The lowest BCUT2D eigenvalue weighted by Crippen LogP contribution is -2.47. The van der Waals surface area contributed by atoms with Crippen LogP contribution in [0.5, 0.6) is 0 Å². The first-order chi connectivity index (χ1) is 8.85. The first-order valence-electron chi connectivity index (χ1n) is 7.23. The Balaban J connectivity index is 2.46. The Morgan fingerprint density at radius 2 is 2.24 bits per heavy atom. The zero-order chi connectivity index (χ0) is 14.5. The summed E-state index contributed by atoms with van der Waals surface area (Å²) in [6.45, 7) is 4.84. The number of ether oxygens (including phenoxy) is 1. The Kier molecular flexibility index (Phi) is 5.14. The Hall–Kier alpha value is -0.650. The third-order valence-corrected chi connectivity index (χ3v) is 3.18. The minimum atomic E-state index is -1.76. The van der Waals surface area contributed by atoms with Crippen molar-refractivity contribution in [3.8, 4) is 0 Å². The Morgan fingerprint density at radius 3 is 2.82 bits per heavy atom. The molecule has 1 heterocycles. The fourth-order valence-corrected chi connectivity index (χ4v) is 1.59. The summed E-state index contributed by atoms with van der Waals surface area (Å²) >= 11 is 0. The van der Waals surface area contributed by atoms with E-state index in [1.807, 2.05) is 18.7 Å². The molecule has 0 unspecified atom stereocenters. The molecule has 5 heteroatoms. The normalized spacial score (nSPS) is 23.5. The van der Waals surface area contributed by atoms with Gasteiger partial charge in [0.25, 0.3) is 0 Å². The smallest absolute Gasteiger partial charge is 0.237 e. The summed E-state index contributed by atoms with van der Waals surface area (Å²) < 4.78 is 21.0. The van der Waals surface area contributed by atoms with Gasteiger partial charge in [-0.25, -0.2) is 0 Å². The number of hydrogen-bond acceptors (Lipinski definition) is 4. The van der Waals surface area contributed by atoms with E-state index in [0.29, 0.717) is 26.3 Å². The lowest BCUT2D eigenvalue weighted by Gasteiger charge is -2.27. The first kappa shape index (κ1) is 11.4. The van der Waals surface area contributed by atoms with Gasteiger partial charge in [0, 0.05) is 26.1 Å². The molecule has 0 aromatic carbocycles. The fourth-order valence-electron chi connectivity index (χ4n) is 1.59. The summed E-state index contributed by atoms with van der Waals surface area (Å²) in [6.07, 6.45) is 0.793. The summed E-state index contributed by atoms with van der Waals surface area (Å²) in [6, 6.07) is -0.662. The van der Waals surface area contributed by atoms with E-state index >= 15 is 0 Å². The van der Waals surface area contributed by atoms with E-state index in [1.165, 1.54) is 0 Å². The molecule has 3 N–H and O–H groups in total. The van der Waals surface area contributed by atoms with Crippen molar-refractivity contribution in [1.29, 1.82) is 0 Å². The summed E-state index contributed by atoms with van der Waals surface area (Å²) in [5.41, 5.74) is 5.80.